The highest BCUT2D eigenvalue weighted by Gasteiger charge is 2.61. The van der Waals surface area contributed by atoms with E-state index in [1.807, 2.05) is 18.2 Å². The molecule has 2 fully saturated rings. The maximum absolute atomic E-state index is 12.6. The Morgan fingerprint density at radius 3 is 2.40 bits per heavy atom. The SMILES string of the molecule is CO[C@H]1O[C@@H]2COC(c3ccccc3)O[C@H]2[C@@](O)(C=O)[C@H]1OC(=O)c1ccccc1. The summed E-state index contributed by atoms with van der Waals surface area (Å²) >= 11 is 0. The van der Waals surface area contributed by atoms with E-state index in [-0.39, 0.29) is 12.2 Å². The van der Waals surface area contributed by atoms with E-state index in [1.54, 1.807) is 42.5 Å². The predicted molar refractivity (Wildman–Crippen MR) is 102 cm³/mol. The molecule has 2 saturated heterocycles. The zero-order valence-corrected chi connectivity index (χ0v) is 16.2. The van der Waals surface area contributed by atoms with Crippen LogP contribution < -0.4 is 0 Å². The third-order valence-corrected chi connectivity index (χ3v) is 5.22. The van der Waals surface area contributed by atoms with Crippen molar-refractivity contribution < 1.29 is 38.4 Å². The molecule has 0 bridgehead atoms. The number of ether oxygens (including phenoxy) is 5. The van der Waals surface area contributed by atoms with Gasteiger partial charge in [0.25, 0.3) is 0 Å². The first-order valence-corrected chi connectivity index (χ1v) is 9.52. The molecule has 2 heterocycles. The number of rotatable bonds is 5. The Labute approximate surface area is 173 Å². The van der Waals surface area contributed by atoms with E-state index in [9.17, 15) is 14.7 Å². The lowest BCUT2D eigenvalue weighted by atomic mass is 9.84. The molecule has 158 valence electrons. The smallest absolute Gasteiger partial charge is 0.338 e. The maximum Gasteiger partial charge on any atom is 0.338 e. The standard InChI is InChI=1S/C22H22O8/c1-26-21-18(29-19(24)14-8-4-2-5-9-14)22(25,13-23)17-16(28-21)12-27-20(30-17)15-10-6-3-7-11-15/h2-11,13,16-18,20-21,25H,12H2,1H3/t16-,17-,18+,20?,21+,22+/m1/s1. The van der Waals surface area contributed by atoms with E-state index >= 15 is 0 Å². The van der Waals surface area contributed by atoms with Crippen LogP contribution >= 0.6 is 0 Å². The summed E-state index contributed by atoms with van der Waals surface area (Å²) in [5, 5.41) is 11.3. The summed E-state index contributed by atoms with van der Waals surface area (Å²) in [7, 11) is 1.33. The second kappa shape index (κ2) is 8.63. The van der Waals surface area contributed by atoms with Crippen molar-refractivity contribution in [2.75, 3.05) is 13.7 Å². The number of methoxy groups -OCH3 is 1. The lowest BCUT2D eigenvalue weighted by Gasteiger charge is -2.50. The number of fused-ring (bicyclic) bond motifs is 1. The molecule has 0 spiro atoms. The molecule has 2 aromatic carbocycles. The van der Waals surface area contributed by atoms with Gasteiger partial charge >= 0.3 is 5.97 Å². The number of aliphatic hydroxyl groups is 1. The molecule has 30 heavy (non-hydrogen) atoms. The minimum Gasteiger partial charge on any atom is -0.450 e. The Morgan fingerprint density at radius 2 is 1.77 bits per heavy atom. The molecule has 0 radical (unpaired) electrons. The summed E-state index contributed by atoms with van der Waals surface area (Å²) < 4.78 is 28.2. The van der Waals surface area contributed by atoms with Gasteiger partial charge in [0.15, 0.2) is 30.6 Å². The van der Waals surface area contributed by atoms with Gasteiger partial charge in [-0.3, -0.25) is 4.79 Å². The molecule has 1 N–H and O–H groups in total. The highest BCUT2D eigenvalue weighted by molar-refractivity contribution is 5.89. The summed E-state index contributed by atoms with van der Waals surface area (Å²) in [6.07, 6.45) is -5.05. The van der Waals surface area contributed by atoms with Gasteiger partial charge in [-0.05, 0) is 12.1 Å². The molecule has 2 aliphatic heterocycles. The van der Waals surface area contributed by atoms with Gasteiger partial charge in [-0.2, -0.15) is 0 Å². The Morgan fingerprint density at radius 1 is 1.10 bits per heavy atom. The average Bonchev–Trinajstić information content (AvgIpc) is 2.81. The quantitative estimate of drug-likeness (QED) is 0.582. The second-order valence-corrected chi connectivity index (χ2v) is 7.11. The van der Waals surface area contributed by atoms with Crippen molar-refractivity contribution in [2.45, 2.75) is 36.5 Å². The second-order valence-electron chi connectivity index (χ2n) is 7.11. The summed E-state index contributed by atoms with van der Waals surface area (Å²) in [5.41, 5.74) is -1.22. The lowest BCUT2D eigenvalue weighted by Crippen LogP contribution is -2.71. The molecule has 2 aromatic rings. The molecule has 6 atom stereocenters. The van der Waals surface area contributed by atoms with E-state index in [1.165, 1.54) is 7.11 Å². The number of carbonyl (C=O) groups is 2. The van der Waals surface area contributed by atoms with Gasteiger partial charge in [0.2, 0.25) is 0 Å². The monoisotopic (exact) mass is 414 g/mol. The van der Waals surface area contributed by atoms with Gasteiger partial charge in [0.05, 0.1) is 12.2 Å². The summed E-state index contributed by atoms with van der Waals surface area (Å²) in [5.74, 6) is -0.725. The van der Waals surface area contributed by atoms with Gasteiger partial charge < -0.3 is 28.8 Å². The molecule has 0 aromatic heterocycles. The minimum absolute atomic E-state index is 0.0551. The third-order valence-electron chi connectivity index (χ3n) is 5.22. The maximum atomic E-state index is 12.6. The molecule has 0 aliphatic carbocycles. The van der Waals surface area contributed by atoms with Crippen LogP contribution in [0.25, 0.3) is 0 Å². The Hall–Kier alpha value is -2.62. The Kier molecular flexibility index (Phi) is 5.94. The molecule has 0 saturated carbocycles. The van der Waals surface area contributed by atoms with E-state index in [0.29, 0.717) is 6.29 Å². The van der Waals surface area contributed by atoms with Crippen molar-refractivity contribution in [3.8, 4) is 0 Å². The zero-order chi connectivity index (χ0) is 21.1. The van der Waals surface area contributed by atoms with Gasteiger partial charge in [-0.1, -0.05) is 48.5 Å². The molecule has 4 rings (SSSR count). The molecule has 0 amide bonds. The van der Waals surface area contributed by atoms with Crippen molar-refractivity contribution in [1.82, 2.24) is 0 Å². The molecule has 8 nitrogen and oxygen atoms in total. The first-order chi connectivity index (χ1) is 14.6. The fraction of sp³-hybridized carbons (Fsp3) is 0.364. The normalized spacial score (nSPS) is 33.3. The first-order valence-electron chi connectivity index (χ1n) is 9.52. The topological polar surface area (TPSA) is 101 Å². The molecule has 1 unspecified atom stereocenters. The van der Waals surface area contributed by atoms with Crippen LogP contribution in [0.4, 0.5) is 0 Å². The third kappa shape index (κ3) is 3.76. The molecular formula is C22H22O8. The highest BCUT2D eigenvalue weighted by atomic mass is 16.8. The van der Waals surface area contributed by atoms with Crippen LogP contribution in [0.1, 0.15) is 22.2 Å². The number of benzene rings is 2. The number of aldehydes is 1. The van der Waals surface area contributed by atoms with Gasteiger partial charge in [-0.25, -0.2) is 4.79 Å². The van der Waals surface area contributed by atoms with Crippen molar-refractivity contribution >= 4 is 12.3 Å². The fourth-order valence-corrected chi connectivity index (χ4v) is 3.68. The van der Waals surface area contributed by atoms with Crippen LogP contribution in [0, 0.1) is 0 Å². The van der Waals surface area contributed by atoms with Crippen molar-refractivity contribution in [3.63, 3.8) is 0 Å². The number of hydrogen-bond donors (Lipinski definition) is 1. The summed E-state index contributed by atoms with van der Waals surface area (Å²) in [6, 6.07) is 17.3. The van der Waals surface area contributed by atoms with Gasteiger partial charge in [-0.15, -0.1) is 0 Å². The number of hydrogen-bond acceptors (Lipinski definition) is 8. The summed E-state index contributed by atoms with van der Waals surface area (Å²) in [6.45, 7) is 0.0551. The predicted octanol–water partition coefficient (Wildman–Crippen LogP) is 1.63. The molecule has 2 aliphatic rings. The fourth-order valence-electron chi connectivity index (χ4n) is 3.68. The number of carbonyl (C=O) groups excluding carboxylic acids is 2. The summed E-state index contributed by atoms with van der Waals surface area (Å²) in [4.78, 5) is 24.7. The van der Waals surface area contributed by atoms with E-state index in [4.69, 9.17) is 23.7 Å². The average molecular weight is 414 g/mol. The van der Waals surface area contributed by atoms with E-state index < -0.39 is 42.5 Å². The van der Waals surface area contributed by atoms with E-state index in [0.717, 1.165) is 5.56 Å². The lowest BCUT2D eigenvalue weighted by molar-refractivity contribution is -0.372. The van der Waals surface area contributed by atoms with Crippen LogP contribution in [-0.2, 0) is 28.5 Å². The van der Waals surface area contributed by atoms with Crippen LogP contribution in [0.15, 0.2) is 60.7 Å². The highest BCUT2D eigenvalue weighted by Crippen LogP contribution is 2.40. The van der Waals surface area contributed by atoms with E-state index in [2.05, 4.69) is 0 Å². The van der Waals surface area contributed by atoms with Crippen molar-refractivity contribution in [2.24, 2.45) is 0 Å². The van der Waals surface area contributed by atoms with Crippen LogP contribution in [0.5, 0.6) is 0 Å². The van der Waals surface area contributed by atoms with Crippen molar-refractivity contribution in [3.05, 3.63) is 71.8 Å². The van der Waals surface area contributed by atoms with Crippen LogP contribution in [0.2, 0.25) is 0 Å². The largest absolute Gasteiger partial charge is 0.450 e. The number of esters is 1. The van der Waals surface area contributed by atoms with Gasteiger partial charge in [0.1, 0.15) is 12.2 Å². The zero-order valence-electron chi connectivity index (χ0n) is 16.2. The molecular weight excluding hydrogens is 392 g/mol. The Bertz CT molecular complexity index is 873. The van der Waals surface area contributed by atoms with Crippen LogP contribution in [-0.4, -0.2) is 61.3 Å². The molecule has 8 heteroatoms. The first kappa shape index (κ1) is 20.6. The Balaban J connectivity index is 1.61. The minimum atomic E-state index is -2.20. The van der Waals surface area contributed by atoms with Gasteiger partial charge in [0, 0.05) is 12.7 Å². The van der Waals surface area contributed by atoms with Crippen LogP contribution in [0.3, 0.4) is 0 Å². The van der Waals surface area contributed by atoms with Crippen molar-refractivity contribution in [1.29, 1.82) is 0 Å².